The van der Waals surface area contributed by atoms with E-state index in [1.807, 2.05) is 0 Å². The fraction of sp³-hybridized carbons (Fsp3) is 0.333. The van der Waals surface area contributed by atoms with Gasteiger partial charge in [0.25, 0.3) is 0 Å². The fourth-order valence-electron chi connectivity index (χ4n) is 0.974. The van der Waals surface area contributed by atoms with Crippen LogP contribution in [0.3, 0.4) is 0 Å². The van der Waals surface area contributed by atoms with E-state index in [-0.39, 0.29) is 12.4 Å². The zero-order valence-corrected chi connectivity index (χ0v) is 8.54. The molecule has 0 aliphatic rings. The number of nitrogen functional groups attached to an aromatic ring is 1. The van der Waals surface area contributed by atoms with Crippen molar-refractivity contribution in [1.29, 1.82) is 0 Å². The Hall–Kier alpha value is -1.29. The van der Waals surface area contributed by atoms with E-state index in [9.17, 15) is 4.79 Å². The Balaban J connectivity index is 2.75. The average molecular weight is 215 g/mol. The zero-order valence-electron chi connectivity index (χ0n) is 7.79. The molecule has 0 aliphatic heterocycles. The SMILES string of the molecule is CCOC(=O)Cc1nc(N)ccc1Cl. The fourth-order valence-corrected chi connectivity index (χ4v) is 1.15. The Morgan fingerprint density at radius 2 is 2.36 bits per heavy atom. The van der Waals surface area contributed by atoms with Crippen molar-refractivity contribution in [2.24, 2.45) is 0 Å². The lowest BCUT2D eigenvalue weighted by molar-refractivity contribution is -0.142. The van der Waals surface area contributed by atoms with Gasteiger partial charge in [-0.25, -0.2) is 4.98 Å². The summed E-state index contributed by atoms with van der Waals surface area (Å²) in [6.07, 6.45) is 0.0533. The number of carbonyl (C=O) groups is 1. The Kier molecular flexibility index (Phi) is 3.71. The van der Waals surface area contributed by atoms with E-state index in [0.717, 1.165) is 0 Å². The van der Waals surface area contributed by atoms with Crippen molar-refractivity contribution in [2.75, 3.05) is 12.3 Å². The van der Waals surface area contributed by atoms with Gasteiger partial charge in [-0.3, -0.25) is 4.79 Å². The molecular formula is C9H11ClN2O2. The van der Waals surface area contributed by atoms with E-state index in [1.165, 1.54) is 0 Å². The van der Waals surface area contributed by atoms with Crippen LogP contribution in [-0.4, -0.2) is 17.6 Å². The summed E-state index contributed by atoms with van der Waals surface area (Å²) in [4.78, 5) is 15.1. The minimum atomic E-state index is -0.354. The number of nitrogens with zero attached hydrogens (tertiary/aromatic N) is 1. The topological polar surface area (TPSA) is 65.2 Å². The predicted molar refractivity (Wildman–Crippen MR) is 54.0 cm³/mol. The maximum atomic E-state index is 11.1. The van der Waals surface area contributed by atoms with Crippen molar-refractivity contribution in [3.8, 4) is 0 Å². The summed E-state index contributed by atoms with van der Waals surface area (Å²) in [5.41, 5.74) is 5.90. The largest absolute Gasteiger partial charge is 0.466 e. The van der Waals surface area contributed by atoms with E-state index < -0.39 is 0 Å². The standard InChI is InChI=1S/C9H11ClN2O2/c1-2-14-9(13)5-7-6(10)3-4-8(11)12-7/h3-4H,2,5H2,1H3,(H2,11,12). The van der Waals surface area contributed by atoms with Crippen molar-refractivity contribution in [3.63, 3.8) is 0 Å². The van der Waals surface area contributed by atoms with Crippen molar-refractivity contribution >= 4 is 23.4 Å². The van der Waals surface area contributed by atoms with Gasteiger partial charge in [0.15, 0.2) is 0 Å². The molecule has 0 amide bonds. The van der Waals surface area contributed by atoms with Gasteiger partial charge in [0.05, 0.1) is 23.7 Å². The lowest BCUT2D eigenvalue weighted by atomic mass is 10.2. The van der Waals surface area contributed by atoms with Crippen LogP contribution < -0.4 is 5.73 Å². The minimum absolute atomic E-state index is 0.0533. The number of esters is 1. The van der Waals surface area contributed by atoms with Crippen LogP contribution in [0.25, 0.3) is 0 Å². The van der Waals surface area contributed by atoms with E-state index >= 15 is 0 Å². The van der Waals surface area contributed by atoms with Crippen LogP contribution in [0.4, 0.5) is 5.82 Å². The summed E-state index contributed by atoms with van der Waals surface area (Å²) >= 11 is 5.81. The molecule has 4 nitrogen and oxygen atoms in total. The van der Waals surface area contributed by atoms with E-state index in [0.29, 0.717) is 23.1 Å². The molecule has 0 unspecified atom stereocenters. The predicted octanol–water partition coefficient (Wildman–Crippen LogP) is 1.42. The van der Waals surface area contributed by atoms with Crippen LogP contribution in [0.15, 0.2) is 12.1 Å². The minimum Gasteiger partial charge on any atom is -0.466 e. The maximum absolute atomic E-state index is 11.1. The number of nitrogens with two attached hydrogens (primary N) is 1. The number of anilines is 1. The van der Waals surface area contributed by atoms with Gasteiger partial charge in [0, 0.05) is 0 Å². The third-order valence-corrected chi connectivity index (χ3v) is 1.90. The molecule has 0 atom stereocenters. The van der Waals surface area contributed by atoms with Crippen LogP contribution >= 0.6 is 11.6 Å². The summed E-state index contributed by atoms with van der Waals surface area (Å²) in [6, 6.07) is 3.19. The molecule has 0 spiro atoms. The highest BCUT2D eigenvalue weighted by Crippen LogP contribution is 2.15. The number of aromatic nitrogens is 1. The number of hydrogen-bond donors (Lipinski definition) is 1. The molecule has 14 heavy (non-hydrogen) atoms. The van der Waals surface area contributed by atoms with Gasteiger partial charge in [0.2, 0.25) is 0 Å². The molecule has 0 aliphatic carbocycles. The summed E-state index contributed by atoms with van der Waals surface area (Å²) in [5, 5.41) is 0.423. The van der Waals surface area contributed by atoms with E-state index in [2.05, 4.69) is 4.98 Å². The van der Waals surface area contributed by atoms with Gasteiger partial charge in [-0.1, -0.05) is 11.6 Å². The van der Waals surface area contributed by atoms with E-state index in [4.69, 9.17) is 22.1 Å². The molecule has 1 aromatic rings. The van der Waals surface area contributed by atoms with Gasteiger partial charge >= 0.3 is 5.97 Å². The Bertz CT molecular complexity index is 342. The third kappa shape index (κ3) is 2.88. The number of halogens is 1. The normalized spacial score (nSPS) is 9.86. The van der Waals surface area contributed by atoms with Gasteiger partial charge < -0.3 is 10.5 Å². The third-order valence-electron chi connectivity index (χ3n) is 1.56. The van der Waals surface area contributed by atoms with Crippen molar-refractivity contribution in [1.82, 2.24) is 4.98 Å². The Morgan fingerprint density at radius 3 is 3.00 bits per heavy atom. The van der Waals surface area contributed by atoms with Gasteiger partial charge in [-0.2, -0.15) is 0 Å². The first-order valence-corrected chi connectivity index (χ1v) is 4.57. The first-order chi connectivity index (χ1) is 6.63. The van der Waals surface area contributed by atoms with Crippen LogP contribution in [0.5, 0.6) is 0 Å². The average Bonchev–Trinajstić information content (AvgIpc) is 2.12. The van der Waals surface area contributed by atoms with Gasteiger partial charge in [-0.15, -0.1) is 0 Å². The molecule has 1 rings (SSSR count). The number of pyridine rings is 1. The molecule has 5 heteroatoms. The molecule has 0 fully saturated rings. The Labute approximate surface area is 87.0 Å². The molecular weight excluding hydrogens is 204 g/mol. The van der Waals surface area contributed by atoms with Crippen molar-refractivity contribution < 1.29 is 9.53 Å². The van der Waals surface area contributed by atoms with Crippen LogP contribution in [0, 0.1) is 0 Å². The highest BCUT2D eigenvalue weighted by molar-refractivity contribution is 6.31. The second-order valence-electron chi connectivity index (χ2n) is 2.65. The molecule has 0 saturated carbocycles. The number of carbonyl (C=O) groups excluding carboxylic acids is 1. The summed E-state index contributed by atoms with van der Waals surface area (Å²) in [6.45, 7) is 2.09. The smallest absolute Gasteiger partial charge is 0.311 e. The molecule has 1 heterocycles. The van der Waals surface area contributed by atoms with Crippen LogP contribution in [-0.2, 0) is 16.0 Å². The number of rotatable bonds is 3. The number of hydrogen-bond acceptors (Lipinski definition) is 4. The summed E-state index contributed by atoms with van der Waals surface area (Å²) < 4.78 is 4.76. The van der Waals surface area contributed by atoms with Crippen molar-refractivity contribution in [3.05, 3.63) is 22.8 Å². The summed E-state index contributed by atoms with van der Waals surface area (Å²) in [5.74, 6) is -0.0128. The quantitative estimate of drug-likeness (QED) is 0.773. The lowest BCUT2D eigenvalue weighted by Gasteiger charge is -2.03. The first kappa shape index (κ1) is 10.8. The van der Waals surface area contributed by atoms with E-state index in [1.54, 1.807) is 19.1 Å². The second kappa shape index (κ2) is 4.81. The molecule has 76 valence electrons. The zero-order chi connectivity index (χ0) is 10.6. The molecule has 0 saturated heterocycles. The highest BCUT2D eigenvalue weighted by atomic mass is 35.5. The molecule has 1 aromatic heterocycles. The Morgan fingerprint density at radius 1 is 1.64 bits per heavy atom. The highest BCUT2D eigenvalue weighted by Gasteiger charge is 2.09. The molecule has 2 N–H and O–H groups in total. The first-order valence-electron chi connectivity index (χ1n) is 4.20. The van der Waals surface area contributed by atoms with Crippen molar-refractivity contribution in [2.45, 2.75) is 13.3 Å². The van der Waals surface area contributed by atoms with Crippen LogP contribution in [0.2, 0.25) is 5.02 Å². The van der Waals surface area contributed by atoms with Crippen LogP contribution in [0.1, 0.15) is 12.6 Å². The number of ether oxygens (including phenoxy) is 1. The maximum Gasteiger partial charge on any atom is 0.311 e. The van der Waals surface area contributed by atoms with Gasteiger partial charge in [-0.05, 0) is 19.1 Å². The lowest BCUT2D eigenvalue weighted by Crippen LogP contribution is -2.09. The molecule has 0 bridgehead atoms. The molecule has 0 radical (unpaired) electrons. The monoisotopic (exact) mass is 214 g/mol. The molecule has 0 aromatic carbocycles. The summed E-state index contributed by atoms with van der Waals surface area (Å²) in [7, 11) is 0. The van der Waals surface area contributed by atoms with Gasteiger partial charge in [0.1, 0.15) is 5.82 Å². The second-order valence-corrected chi connectivity index (χ2v) is 3.05.